The summed E-state index contributed by atoms with van der Waals surface area (Å²) in [6.07, 6.45) is 11.0. The molecule has 0 radical (unpaired) electrons. The number of allylic oxidation sites excluding steroid dienone is 4. The number of rotatable bonds is 1. The molecule has 2 aliphatic rings. The Morgan fingerprint density at radius 2 is 1.32 bits per heavy atom. The van der Waals surface area contributed by atoms with E-state index in [2.05, 4.69) is 85.7 Å². The van der Waals surface area contributed by atoms with Crippen LogP contribution in [0.5, 0.6) is 0 Å². The molecule has 0 fully saturated rings. The minimum absolute atomic E-state index is 0. The Morgan fingerprint density at radius 3 is 1.73 bits per heavy atom. The van der Waals surface area contributed by atoms with Crippen molar-refractivity contribution in [2.45, 2.75) is 12.8 Å². The van der Waals surface area contributed by atoms with Crippen molar-refractivity contribution in [2.75, 3.05) is 19.0 Å². The average molecular weight is 579 g/mol. The molecule has 0 saturated carbocycles. The predicted molar refractivity (Wildman–Crippen MR) is 161 cm³/mol. The second-order valence-corrected chi connectivity index (χ2v) is 7.62. The Bertz CT molecular complexity index is 1060. The van der Waals surface area contributed by atoms with Crippen LogP contribution in [0.2, 0.25) is 0 Å². The van der Waals surface area contributed by atoms with Gasteiger partial charge in [-0.05, 0) is 6.42 Å². The fraction of sp³-hybridized carbons (Fsp3) is 0.118. The van der Waals surface area contributed by atoms with Crippen molar-refractivity contribution in [3.8, 4) is 11.1 Å². The number of benzene rings is 4. The monoisotopic (exact) mass is 577 g/mol. The summed E-state index contributed by atoms with van der Waals surface area (Å²) < 4.78 is 0. The largest absolute Gasteiger partial charge is 0.184 e. The van der Waals surface area contributed by atoms with Crippen molar-refractivity contribution in [3.63, 3.8) is 0 Å². The number of hydrogen-bond acceptors (Lipinski definition) is 1. The molecule has 37 heavy (non-hydrogen) atoms. The molecule has 0 heterocycles. The fourth-order valence-electron chi connectivity index (χ4n) is 3.33. The van der Waals surface area contributed by atoms with Gasteiger partial charge in [-0.2, -0.15) is 91.0 Å². The molecule has 0 amide bonds. The van der Waals surface area contributed by atoms with Gasteiger partial charge in [0.15, 0.2) is 0 Å². The molecule has 1 nitrogen and oxygen atoms in total. The molecule has 0 atom stereocenters. The minimum Gasteiger partial charge on any atom is -0.184 e. The molecule has 0 spiro atoms. The zero-order chi connectivity index (χ0) is 25.1. The van der Waals surface area contributed by atoms with Gasteiger partial charge in [-0.3, -0.25) is 6.08 Å². The van der Waals surface area contributed by atoms with Gasteiger partial charge in [0.1, 0.15) is 0 Å². The Balaban J connectivity index is 0.000000514. The molecule has 0 aromatic heterocycles. The van der Waals surface area contributed by atoms with Crippen LogP contribution in [-0.4, -0.2) is 21.0 Å². The van der Waals surface area contributed by atoms with Crippen molar-refractivity contribution >= 4 is 12.6 Å². The first-order valence-electron chi connectivity index (χ1n) is 11.5. The molecule has 0 saturated heterocycles. The van der Waals surface area contributed by atoms with E-state index in [1.807, 2.05) is 79.7 Å². The van der Waals surface area contributed by atoms with Gasteiger partial charge in [0, 0.05) is 14.1 Å². The Kier molecular flexibility index (Phi) is 19.8. The van der Waals surface area contributed by atoms with E-state index in [0.29, 0.717) is 0 Å². The van der Waals surface area contributed by atoms with Gasteiger partial charge >= 0.3 is 30.2 Å². The van der Waals surface area contributed by atoms with E-state index in [9.17, 15) is 0 Å². The van der Waals surface area contributed by atoms with E-state index >= 15 is 0 Å². The molecule has 192 valence electrons. The Labute approximate surface area is 243 Å². The summed E-state index contributed by atoms with van der Waals surface area (Å²) in [7, 11) is 4.11. The van der Waals surface area contributed by atoms with Crippen molar-refractivity contribution in [1.82, 2.24) is 0 Å². The summed E-state index contributed by atoms with van der Waals surface area (Å²) in [5, 5.41) is 0. The Hall–Kier alpha value is -2.74. The molecule has 2 aliphatic carbocycles. The average Bonchev–Trinajstić information content (AvgIpc) is 3.64. The zero-order valence-electron chi connectivity index (χ0n) is 22.5. The zero-order valence-corrected chi connectivity index (χ0v) is 26.4. The quantitative estimate of drug-likeness (QED) is 0.148. The SMILES string of the molecule is CN(C)c1[c-]c2c(cc1)-c1ccccc1C2.[C-]1=CC=CC1.[CH3-].[CH3-].[SiH2]=[Zr].[c-]1ccccc1.[c-]1ccccc1. The third kappa shape index (κ3) is 12.9. The third-order valence-electron chi connectivity index (χ3n) is 4.97. The number of fused-ring (bicyclic) bond motifs is 3. The van der Waals surface area contributed by atoms with Crippen LogP contribution in [0.25, 0.3) is 11.1 Å². The number of nitrogens with zero attached hydrogens (tertiary/aromatic N) is 1. The second-order valence-electron chi connectivity index (χ2n) is 7.62. The molecule has 0 N–H and O–H groups in total. The third-order valence-corrected chi connectivity index (χ3v) is 4.97. The smallest absolute Gasteiger partial charge is 0.171 e. The second kappa shape index (κ2) is 21.4. The van der Waals surface area contributed by atoms with Crippen LogP contribution >= 0.6 is 0 Å². The van der Waals surface area contributed by atoms with Gasteiger partial charge in [-0.1, -0.05) is 41.1 Å². The van der Waals surface area contributed by atoms with Gasteiger partial charge in [-0.25, -0.2) is 12.2 Å². The standard InChI is InChI=1S/C15H14N.2C6H5.C5H5.2CH3.H2Si.Zr/c1-16(2)13-7-8-15-12(10-13)9-11-5-3-4-6-14(11)15;2*1-2-4-6-5-3-1;1-2-4-5-3-1;;;;/h3-8H,9H2,1-2H3;2*1-5H;1-3H,4H2;2*1H3;1H2;/q6*-1;;. The molecule has 0 aliphatic heterocycles. The molecule has 0 unspecified atom stereocenters. The van der Waals surface area contributed by atoms with E-state index < -0.39 is 0 Å². The van der Waals surface area contributed by atoms with Crippen LogP contribution < -0.4 is 4.90 Å². The first kappa shape index (κ1) is 34.3. The van der Waals surface area contributed by atoms with Crippen molar-refractivity contribution in [2.24, 2.45) is 0 Å². The first-order valence-corrected chi connectivity index (χ1v) is 17.4. The Morgan fingerprint density at radius 1 is 0.730 bits per heavy atom. The van der Waals surface area contributed by atoms with Crippen LogP contribution in [0.3, 0.4) is 0 Å². The first-order chi connectivity index (χ1) is 17.3. The van der Waals surface area contributed by atoms with Gasteiger partial charge in [0.05, 0.1) is 0 Å². The minimum atomic E-state index is 0. The summed E-state index contributed by atoms with van der Waals surface area (Å²) in [6, 6.07) is 41.5. The molecule has 0 bridgehead atoms. The van der Waals surface area contributed by atoms with Crippen LogP contribution in [0.4, 0.5) is 5.69 Å². The van der Waals surface area contributed by atoms with Gasteiger partial charge in [0.25, 0.3) is 0 Å². The number of anilines is 1. The fourth-order valence-corrected chi connectivity index (χ4v) is 3.33. The molecule has 6 rings (SSSR count). The van der Waals surface area contributed by atoms with E-state index in [1.165, 1.54) is 22.3 Å². The van der Waals surface area contributed by atoms with Crippen LogP contribution in [-0.2, 0) is 29.8 Å². The maximum Gasteiger partial charge on any atom is -0.171 e. The van der Waals surface area contributed by atoms with Crippen molar-refractivity contribution in [3.05, 3.63) is 166 Å². The molecule has 4 aromatic carbocycles. The van der Waals surface area contributed by atoms with Crippen LogP contribution in [0.15, 0.2) is 115 Å². The molecule has 4 aromatic rings. The van der Waals surface area contributed by atoms with Crippen molar-refractivity contribution < 1.29 is 23.3 Å². The van der Waals surface area contributed by atoms with Crippen LogP contribution in [0.1, 0.15) is 17.5 Å². The van der Waals surface area contributed by atoms with E-state index in [1.54, 1.807) is 23.3 Å². The topological polar surface area (TPSA) is 3.24 Å². The molecule has 3 heteroatoms. The summed E-state index contributed by atoms with van der Waals surface area (Å²) in [5.74, 6) is 0. The number of hydrogen-bond donors (Lipinski definition) is 0. The van der Waals surface area contributed by atoms with E-state index in [0.717, 1.165) is 18.5 Å². The molecular formula is C34H37NSiZr-6. The molecular weight excluding hydrogens is 542 g/mol. The van der Waals surface area contributed by atoms with Gasteiger partial charge in [0.2, 0.25) is 0 Å². The maximum atomic E-state index is 3.50. The van der Waals surface area contributed by atoms with E-state index in [-0.39, 0.29) is 14.9 Å². The van der Waals surface area contributed by atoms with Crippen LogP contribution in [0, 0.1) is 39.1 Å². The van der Waals surface area contributed by atoms with Gasteiger partial charge in [-0.15, -0.1) is 23.6 Å². The summed E-state index contributed by atoms with van der Waals surface area (Å²) in [5.41, 5.74) is 6.63. The van der Waals surface area contributed by atoms with E-state index in [4.69, 9.17) is 0 Å². The summed E-state index contributed by atoms with van der Waals surface area (Å²) in [6.45, 7) is 1.95. The normalized spacial score (nSPS) is 10.3. The summed E-state index contributed by atoms with van der Waals surface area (Å²) in [4.78, 5) is 2.10. The van der Waals surface area contributed by atoms with Gasteiger partial charge < -0.3 is 19.8 Å². The maximum absolute atomic E-state index is 3.50. The predicted octanol–water partition coefficient (Wildman–Crippen LogP) is 7.39. The van der Waals surface area contributed by atoms with Crippen molar-refractivity contribution in [1.29, 1.82) is 0 Å². The summed E-state index contributed by atoms with van der Waals surface area (Å²) >= 11 is 1.58.